The number of allylic oxidation sites excluding steroid dienone is 4. The molecule has 0 aromatic heterocycles. The number of benzene rings is 1. The molecule has 8 N–H and O–H groups in total. The largest absolute Gasteiger partial charge is 0.508 e. The van der Waals surface area contributed by atoms with E-state index < -0.39 is 97.9 Å². The smallest absolute Gasteiger partial charge is 0.331 e. The maximum Gasteiger partial charge on any atom is 0.331 e. The van der Waals surface area contributed by atoms with Crippen LogP contribution in [0.1, 0.15) is 96.6 Å². The summed E-state index contributed by atoms with van der Waals surface area (Å²) in [7, 11) is 0. The molecule has 59 heavy (non-hydrogen) atoms. The molecular formula is C43H64O16. The van der Waals surface area contributed by atoms with Crippen molar-refractivity contribution in [3.8, 4) is 11.5 Å². The standard InChI is InChI=1S/C43H64O16/c1-5-7-10-18-33(48)54-24-32-36(50)37(51)38(52)42(56-32)58-39-31(22-44)59-43(35-27(23-55-43)20-28(45)21-30(35)47)41(53)40(39)57-34(49)19-14-9-13-17-29(46)26(4)16-12-8-11-15-25(3)6-2/h9,11,13-15,19-21,25-26,29,31-32,36-42,44-47,50-53H,5-8,10,12,16-18,22-24H2,1-4H3. The minimum Gasteiger partial charge on any atom is -0.508 e. The Labute approximate surface area is 345 Å². The zero-order chi connectivity index (χ0) is 43.3. The van der Waals surface area contributed by atoms with Crippen molar-refractivity contribution in [2.24, 2.45) is 11.8 Å². The maximum absolute atomic E-state index is 13.3. The van der Waals surface area contributed by atoms with Gasteiger partial charge in [-0.2, -0.15) is 0 Å². The Morgan fingerprint density at radius 3 is 2.44 bits per heavy atom. The average Bonchev–Trinajstić information content (AvgIpc) is 3.58. The summed E-state index contributed by atoms with van der Waals surface area (Å²) in [4.78, 5) is 25.6. The molecule has 1 aromatic carbocycles. The van der Waals surface area contributed by atoms with Gasteiger partial charge in [0.05, 0.1) is 24.9 Å². The predicted octanol–water partition coefficient (Wildman–Crippen LogP) is 3.03. The molecule has 2 fully saturated rings. The highest BCUT2D eigenvalue weighted by molar-refractivity contribution is 5.82. The summed E-state index contributed by atoms with van der Waals surface area (Å²) < 4.78 is 34.7. The van der Waals surface area contributed by atoms with E-state index in [0.717, 1.165) is 50.7 Å². The fourth-order valence-corrected chi connectivity index (χ4v) is 7.31. The van der Waals surface area contributed by atoms with Gasteiger partial charge in [-0.1, -0.05) is 77.3 Å². The first-order valence-corrected chi connectivity index (χ1v) is 20.7. The van der Waals surface area contributed by atoms with Crippen LogP contribution < -0.4 is 0 Å². The summed E-state index contributed by atoms with van der Waals surface area (Å²) in [5.74, 6) is -4.04. The van der Waals surface area contributed by atoms with E-state index in [1.54, 1.807) is 12.2 Å². The van der Waals surface area contributed by atoms with Crippen molar-refractivity contribution in [2.45, 2.75) is 159 Å². The second kappa shape index (κ2) is 23.0. The Kier molecular flexibility index (Phi) is 18.8. The Balaban J connectivity index is 1.50. The second-order valence-electron chi connectivity index (χ2n) is 15.7. The number of phenols is 2. The molecule has 2 saturated heterocycles. The number of unbranched alkanes of at least 4 members (excludes halogenated alkanes) is 3. The van der Waals surface area contributed by atoms with Gasteiger partial charge in [-0.25, -0.2) is 4.79 Å². The number of fused-ring (bicyclic) bond motifs is 2. The van der Waals surface area contributed by atoms with Crippen molar-refractivity contribution < 1.29 is 78.9 Å². The van der Waals surface area contributed by atoms with Crippen LogP contribution in [0.4, 0.5) is 0 Å². The first-order chi connectivity index (χ1) is 28.2. The van der Waals surface area contributed by atoms with Crippen molar-refractivity contribution in [2.75, 3.05) is 13.2 Å². The molecule has 1 aromatic rings. The molecule has 0 aliphatic carbocycles. The van der Waals surface area contributed by atoms with Crippen LogP contribution in [0.3, 0.4) is 0 Å². The molecule has 4 rings (SSSR count). The maximum atomic E-state index is 13.3. The highest BCUT2D eigenvalue weighted by Crippen LogP contribution is 2.51. The van der Waals surface area contributed by atoms with Gasteiger partial charge in [-0.15, -0.1) is 0 Å². The Morgan fingerprint density at radius 1 is 0.966 bits per heavy atom. The summed E-state index contributed by atoms with van der Waals surface area (Å²) >= 11 is 0. The summed E-state index contributed by atoms with van der Waals surface area (Å²) in [5.41, 5.74) is 0.140. The number of carbonyl (C=O) groups excluding carboxylic acids is 2. The molecule has 16 nitrogen and oxygen atoms in total. The minimum absolute atomic E-state index is 0.0487. The van der Waals surface area contributed by atoms with Gasteiger partial charge in [0.1, 0.15) is 54.7 Å². The lowest BCUT2D eigenvalue weighted by atomic mass is 9.86. The third-order valence-corrected chi connectivity index (χ3v) is 11.1. The molecule has 1 spiro atoms. The fraction of sp³-hybridized carbons (Fsp3) is 0.674. The van der Waals surface area contributed by atoms with E-state index in [9.17, 15) is 50.4 Å². The van der Waals surface area contributed by atoms with Crippen LogP contribution in [0.2, 0.25) is 0 Å². The molecule has 0 radical (unpaired) electrons. The number of aromatic hydroxyl groups is 2. The van der Waals surface area contributed by atoms with Gasteiger partial charge in [0.15, 0.2) is 18.5 Å². The van der Waals surface area contributed by atoms with Crippen LogP contribution in [0.15, 0.2) is 48.6 Å². The van der Waals surface area contributed by atoms with Crippen LogP contribution in [0, 0.1) is 11.8 Å². The number of hydrogen-bond acceptors (Lipinski definition) is 16. The summed E-state index contributed by atoms with van der Waals surface area (Å²) in [6, 6.07) is 2.28. The topological polar surface area (TPSA) is 251 Å². The number of hydrogen-bond donors (Lipinski definition) is 8. The Hall–Kier alpha value is -3.42. The lowest BCUT2D eigenvalue weighted by Crippen LogP contribution is -2.67. The van der Waals surface area contributed by atoms with E-state index in [1.165, 1.54) is 12.1 Å². The normalized spacial score (nSPS) is 31.2. The number of carbonyl (C=O) groups is 2. The van der Waals surface area contributed by atoms with E-state index in [0.29, 0.717) is 18.8 Å². The molecule has 0 saturated carbocycles. The van der Waals surface area contributed by atoms with Gasteiger partial charge in [0.2, 0.25) is 5.79 Å². The first kappa shape index (κ1) is 48.2. The average molecular weight is 837 g/mol. The quantitative estimate of drug-likeness (QED) is 0.0291. The van der Waals surface area contributed by atoms with Crippen molar-refractivity contribution in [3.63, 3.8) is 0 Å². The van der Waals surface area contributed by atoms with Crippen molar-refractivity contribution in [1.29, 1.82) is 0 Å². The zero-order valence-electron chi connectivity index (χ0n) is 34.4. The Bertz CT molecular complexity index is 1580. The van der Waals surface area contributed by atoms with Gasteiger partial charge < -0.3 is 69.3 Å². The highest BCUT2D eigenvalue weighted by Gasteiger charge is 2.63. The van der Waals surface area contributed by atoms with Gasteiger partial charge in [-0.3, -0.25) is 4.79 Å². The molecule has 16 heteroatoms. The molecule has 3 heterocycles. The first-order valence-electron chi connectivity index (χ1n) is 20.7. The van der Waals surface area contributed by atoms with Crippen molar-refractivity contribution in [1.82, 2.24) is 0 Å². The minimum atomic E-state index is -2.25. The van der Waals surface area contributed by atoms with Crippen molar-refractivity contribution in [3.05, 3.63) is 59.7 Å². The van der Waals surface area contributed by atoms with E-state index >= 15 is 0 Å². The molecule has 3 aliphatic rings. The predicted molar refractivity (Wildman–Crippen MR) is 211 cm³/mol. The summed E-state index contributed by atoms with van der Waals surface area (Å²) in [6.07, 6.45) is 0.368. The lowest BCUT2D eigenvalue weighted by molar-refractivity contribution is -0.395. The van der Waals surface area contributed by atoms with Crippen molar-refractivity contribution >= 4 is 11.9 Å². The molecule has 13 unspecified atom stereocenters. The third-order valence-electron chi connectivity index (χ3n) is 11.1. The summed E-state index contributed by atoms with van der Waals surface area (Å²) in [6.45, 7) is 6.64. The fourth-order valence-electron chi connectivity index (χ4n) is 7.31. The number of rotatable bonds is 21. The van der Waals surface area contributed by atoms with Gasteiger partial charge in [-0.05, 0) is 55.6 Å². The SMILES string of the molecule is CCCCCC(=O)OCC1OC(OC2C(CO)OC3(OCc4cc(O)cc(O)c43)C(O)C2OC(=O)C=CC=CCC(O)C(C)CCCC=CC(C)CC)C(O)C(O)C1O. The van der Waals surface area contributed by atoms with Crippen LogP contribution in [-0.2, 0) is 50.4 Å². The number of aliphatic hydroxyl groups is 6. The number of ether oxygens (including phenoxy) is 6. The third kappa shape index (κ3) is 12.6. The van der Waals surface area contributed by atoms with Crippen LogP contribution >= 0.6 is 0 Å². The molecule has 13 atom stereocenters. The molecule has 3 aliphatic heterocycles. The molecular weight excluding hydrogens is 772 g/mol. The monoisotopic (exact) mass is 836 g/mol. The van der Waals surface area contributed by atoms with E-state index in [4.69, 9.17) is 28.4 Å². The van der Waals surface area contributed by atoms with Crippen LogP contribution in [-0.4, -0.2) is 127 Å². The number of phenolic OH excluding ortho intramolecular Hbond substituents is 2. The van der Waals surface area contributed by atoms with Crippen LogP contribution in [0.25, 0.3) is 0 Å². The van der Waals surface area contributed by atoms with Gasteiger partial charge >= 0.3 is 11.9 Å². The molecule has 0 amide bonds. The van der Waals surface area contributed by atoms with Crippen LogP contribution in [0.5, 0.6) is 11.5 Å². The number of aliphatic hydroxyl groups excluding tert-OH is 6. The lowest BCUT2D eigenvalue weighted by Gasteiger charge is -2.50. The highest BCUT2D eigenvalue weighted by atomic mass is 16.8. The zero-order valence-corrected chi connectivity index (χ0v) is 34.4. The van der Waals surface area contributed by atoms with Gasteiger partial charge in [0, 0.05) is 18.6 Å². The second-order valence-corrected chi connectivity index (χ2v) is 15.7. The van der Waals surface area contributed by atoms with E-state index in [2.05, 4.69) is 26.0 Å². The molecule has 0 bridgehead atoms. The number of esters is 2. The Morgan fingerprint density at radius 2 is 1.73 bits per heavy atom. The van der Waals surface area contributed by atoms with E-state index in [-0.39, 0.29) is 35.8 Å². The summed E-state index contributed by atoms with van der Waals surface area (Å²) in [5, 5.41) is 86.5. The van der Waals surface area contributed by atoms with Gasteiger partial charge in [0.25, 0.3) is 0 Å². The van der Waals surface area contributed by atoms with E-state index in [1.807, 2.05) is 13.8 Å². The molecule has 332 valence electrons.